The van der Waals surface area contributed by atoms with E-state index < -0.39 is 15.9 Å². The molecule has 8 heteroatoms. The molecular weight excluding hydrogens is 388 g/mol. The molecule has 1 amide bonds. The van der Waals surface area contributed by atoms with Crippen LogP contribution in [0.15, 0.2) is 41.3 Å². The maximum absolute atomic E-state index is 13.1. The van der Waals surface area contributed by atoms with E-state index in [9.17, 15) is 13.2 Å². The Balaban J connectivity index is 1.77. The highest BCUT2D eigenvalue weighted by atomic mass is 35.5. The van der Waals surface area contributed by atoms with Crippen molar-refractivity contribution in [3.63, 3.8) is 0 Å². The summed E-state index contributed by atoms with van der Waals surface area (Å²) in [7, 11) is -2.25. The van der Waals surface area contributed by atoms with Crippen molar-refractivity contribution in [1.82, 2.24) is 4.31 Å². The van der Waals surface area contributed by atoms with Crippen LogP contribution in [-0.4, -0.2) is 31.7 Å². The van der Waals surface area contributed by atoms with Gasteiger partial charge in [0, 0.05) is 19.2 Å². The summed E-state index contributed by atoms with van der Waals surface area (Å²) < 4.78 is 33.4. The highest BCUT2D eigenvalue weighted by Gasteiger charge is 2.33. The van der Waals surface area contributed by atoms with Gasteiger partial charge in [-0.3, -0.25) is 4.79 Å². The van der Waals surface area contributed by atoms with E-state index in [0.717, 1.165) is 25.7 Å². The van der Waals surface area contributed by atoms with E-state index >= 15 is 0 Å². The maximum Gasteiger partial charge on any atom is 0.259 e. The summed E-state index contributed by atoms with van der Waals surface area (Å²) >= 11 is 6.31. The average Bonchev–Trinajstić information content (AvgIpc) is 3.12. The first-order valence-corrected chi connectivity index (χ1v) is 10.6. The topological polar surface area (TPSA) is 75.7 Å². The van der Waals surface area contributed by atoms with Crippen molar-refractivity contribution >= 4 is 33.2 Å². The number of halogens is 1. The standard InChI is InChI=1S/C19H19ClN2O4S/c1-22(12-6-2-3-7-12)27(24,25)18-10-13-17(11-14(18)20)26-16-9-5-4-8-15(16)21-19(13)23/h4-5,8-12H,2-3,6-7H2,1H3,(H,21,23). The molecule has 1 aliphatic heterocycles. The molecule has 2 aromatic carbocycles. The average molecular weight is 407 g/mol. The van der Waals surface area contributed by atoms with E-state index in [1.165, 1.54) is 16.4 Å². The Kier molecular flexibility index (Phi) is 4.61. The Labute approximate surface area is 163 Å². The first-order valence-electron chi connectivity index (χ1n) is 8.78. The van der Waals surface area contributed by atoms with Crippen molar-refractivity contribution < 1.29 is 17.9 Å². The normalized spacial score (nSPS) is 17.1. The zero-order valence-electron chi connectivity index (χ0n) is 14.7. The Bertz CT molecular complexity index is 1020. The zero-order chi connectivity index (χ0) is 19.2. The first-order chi connectivity index (χ1) is 12.9. The van der Waals surface area contributed by atoms with E-state index in [2.05, 4.69) is 5.32 Å². The molecule has 0 spiro atoms. The van der Waals surface area contributed by atoms with Gasteiger partial charge in [0.25, 0.3) is 5.91 Å². The minimum Gasteiger partial charge on any atom is -0.454 e. The summed E-state index contributed by atoms with van der Waals surface area (Å²) in [5.41, 5.74) is 0.649. The number of benzene rings is 2. The van der Waals surface area contributed by atoms with E-state index in [4.69, 9.17) is 16.3 Å². The van der Waals surface area contributed by atoms with Crippen LogP contribution in [-0.2, 0) is 10.0 Å². The van der Waals surface area contributed by atoms with Crippen LogP contribution in [0.5, 0.6) is 11.5 Å². The molecule has 2 aromatic rings. The van der Waals surface area contributed by atoms with Crippen molar-refractivity contribution in [3.05, 3.63) is 47.0 Å². The number of nitrogens with zero attached hydrogens (tertiary/aromatic N) is 1. The molecule has 0 aromatic heterocycles. The van der Waals surface area contributed by atoms with Gasteiger partial charge in [0.15, 0.2) is 5.75 Å². The Hall–Kier alpha value is -2.09. The predicted molar refractivity (Wildman–Crippen MR) is 103 cm³/mol. The van der Waals surface area contributed by atoms with E-state index in [1.807, 2.05) is 0 Å². The molecule has 1 saturated carbocycles. The van der Waals surface area contributed by atoms with Crippen LogP contribution in [0, 0.1) is 0 Å². The van der Waals surface area contributed by atoms with Crippen LogP contribution in [0.25, 0.3) is 0 Å². The molecule has 0 saturated heterocycles. The Morgan fingerprint density at radius 1 is 1.15 bits per heavy atom. The number of nitrogens with one attached hydrogen (secondary N) is 1. The summed E-state index contributed by atoms with van der Waals surface area (Å²) in [5, 5.41) is 2.78. The molecule has 1 fully saturated rings. The van der Waals surface area contributed by atoms with Crippen LogP contribution in [0.4, 0.5) is 5.69 Å². The lowest BCUT2D eigenvalue weighted by molar-refractivity contribution is 0.102. The third kappa shape index (κ3) is 3.20. The number of sulfonamides is 1. The molecule has 0 unspecified atom stereocenters. The minimum absolute atomic E-state index is 0.0331. The third-order valence-corrected chi connectivity index (χ3v) is 7.50. The van der Waals surface area contributed by atoms with Gasteiger partial charge in [-0.25, -0.2) is 8.42 Å². The molecule has 1 N–H and O–H groups in total. The van der Waals surface area contributed by atoms with Crippen molar-refractivity contribution in [2.75, 3.05) is 12.4 Å². The largest absolute Gasteiger partial charge is 0.454 e. The highest BCUT2D eigenvalue weighted by Crippen LogP contribution is 2.40. The quantitative estimate of drug-likeness (QED) is 0.826. The molecule has 1 heterocycles. The Morgan fingerprint density at radius 3 is 2.59 bits per heavy atom. The molecule has 0 bridgehead atoms. The molecule has 0 radical (unpaired) electrons. The molecular formula is C19H19ClN2O4S. The van der Waals surface area contributed by atoms with Crippen LogP contribution < -0.4 is 10.1 Å². The third-order valence-electron chi connectivity index (χ3n) is 5.13. The van der Waals surface area contributed by atoms with Gasteiger partial charge >= 0.3 is 0 Å². The number of hydrogen-bond donors (Lipinski definition) is 1. The number of anilines is 1. The first kappa shape index (κ1) is 18.3. The maximum atomic E-state index is 13.1. The van der Waals surface area contributed by atoms with Crippen molar-refractivity contribution in [2.45, 2.75) is 36.6 Å². The fraction of sp³-hybridized carbons (Fsp3) is 0.316. The lowest BCUT2D eigenvalue weighted by Gasteiger charge is -2.24. The number of para-hydroxylation sites is 2. The molecule has 4 rings (SSSR count). The number of rotatable bonds is 3. The van der Waals surface area contributed by atoms with Gasteiger partial charge < -0.3 is 10.1 Å². The summed E-state index contributed by atoms with van der Waals surface area (Å²) in [6.45, 7) is 0. The number of hydrogen-bond acceptors (Lipinski definition) is 4. The van der Waals surface area contributed by atoms with Crippen LogP contribution in [0.3, 0.4) is 0 Å². The lowest BCUT2D eigenvalue weighted by Crippen LogP contribution is -2.35. The number of ether oxygens (including phenoxy) is 1. The lowest BCUT2D eigenvalue weighted by atomic mass is 10.2. The SMILES string of the molecule is CN(C1CCCC1)S(=O)(=O)c1cc2c(cc1Cl)Oc1ccccc1NC2=O. The molecule has 6 nitrogen and oxygen atoms in total. The number of carbonyl (C=O) groups excluding carboxylic acids is 1. The van der Waals surface area contributed by atoms with Crippen LogP contribution >= 0.6 is 11.6 Å². The highest BCUT2D eigenvalue weighted by molar-refractivity contribution is 7.89. The van der Waals surface area contributed by atoms with Gasteiger partial charge in [-0.2, -0.15) is 4.31 Å². The van der Waals surface area contributed by atoms with E-state index in [0.29, 0.717) is 11.4 Å². The zero-order valence-corrected chi connectivity index (χ0v) is 16.3. The Morgan fingerprint density at radius 2 is 1.85 bits per heavy atom. The van der Waals surface area contributed by atoms with Crippen molar-refractivity contribution in [3.8, 4) is 11.5 Å². The fourth-order valence-corrected chi connectivity index (χ4v) is 5.51. The molecule has 27 heavy (non-hydrogen) atoms. The summed E-state index contributed by atoms with van der Waals surface area (Å²) in [4.78, 5) is 12.6. The molecule has 0 atom stereocenters. The second-order valence-corrected chi connectivity index (χ2v) is 9.16. The fourth-order valence-electron chi connectivity index (χ4n) is 3.58. The van der Waals surface area contributed by atoms with Gasteiger partial charge in [0.1, 0.15) is 10.6 Å². The van der Waals surface area contributed by atoms with Gasteiger partial charge in [-0.05, 0) is 31.0 Å². The van der Waals surface area contributed by atoms with Gasteiger partial charge in [-0.15, -0.1) is 0 Å². The second kappa shape index (κ2) is 6.82. The van der Waals surface area contributed by atoms with Gasteiger partial charge in [-0.1, -0.05) is 36.6 Å². The van der Waals surface area contributed by atoms with Crippen molar-refractivity contribution in [1.29, 1.82) is 0 Å². The monoisotopic (exact) mass is 406 g/mol. The molecule has 1 aliphatic carbocycles. The van der Waals surface area contributed by atoms with Crippen LogP contribution in [0.2, 0.25) is 5.02 Å². The number of carbonyl (C=O) groups is 1. The molecule has 142 valence electrons. The summed E-state index contributed by atoms with van der Waals surface area (Å²) in [6, 6.07) is 9.65. The van der Waals surface area contributed by atoms with Gasteiger partial charge in [0.05, 0.1) is 16.3 Å². The summed E-state index contributed by atoms with van der Waals surface area (Å²) in [6.07, 6.45) is 3.68. The van der Waals surface area contributed by atoms with E-state index in [1.54, 1.807) is 31.3 Å². The minimum atomic E-state index is -3.82. The number of amides is 1. The van der Waals surface area contributed by atoms with E-state index in [-0.39, 0.29) is 27.3 Å². The molecule has 2 aliphatic rings. The van der Waals surface area contributed by atoms with Gasteiger partial charge in [0.2, 0.25) is 10.0 Å². The summed E-state index contributed by atoms with van der Waals surface area (Å²) in [5.74, 6) is 0.260. The van der Waals surface area contributed by atoms with Crippen molar-refractivity contribution in [2.24, 2.45) is 0 Å². The van der Waals surface area contributed by atoms with Crippen LogP contribution in [0.1, 0.15) is 36.0 Å². The second-order valence-electron chi connectivity index (χ2n) is 6.79. The smallest absolute Gasteiger partial charge is 0.259 e. The number of fused-ring (bicyclic) bond motifs is 2. The predicted octanol–water partition coefficient (Wildman–Crippen LogP) is 4.26.